The summed E-state index contributed by atoms with van der Waals surface area (Å²) in [6.07, 6.45) is 0. The molecule has 0 radical (unpaired) electrons. The highest BCUT2D eigenvalue weighted by atomic mass is 28.3. The largest absolute Gasteiger partial charge is 0.309 e. The highest BCUT2D eigenvalue weighted by Gasteiger charge is 2.37. The predicted octanol–water partition coefficient (Wildman–Crippen LogP) is 12.2. The van der Waals surface area contributed by atoms with Gasteiger partial charge in [-0.05, 0) is 89.2 Å². The third-order valence-corrected chi connectivity index (χ3v) is 14.6. The second kappa shape index (κ2) is 11.0. The number of benzene rings is 9. The van der Waals surface area contributed by atoms with Crippen molar-refractivity contribution >= 4 is 78.6 Å². The summed E-state index contributed by atoms with van der Waals surface area (Å²) in [6, 6.07) is 65.4. The molecule has 0 bridgehead atoms. The summed E-state index contributed by atoms with van der Waals surface area (Å²) >= 11 is 0. The Morgan fingerprint density at radius 1 is 0.360 bits per heavy atom. The lowest BCUT2D eigenvalue weighted by Crippen LogP contribution is -2.49. The molecule has 10 rings (SSSR count). The normalized spacial score (nSPS) is 13.2. The minimum atomic E-state index is -1.77. The fourth-order valence-corrected chi connectivity index (χ4v) is 11.6. The third-order valence-electron chi connectivity index (χ3n) is 11.0. The summed E-state index contributed by atoms with van der Waals surface area (Å²) in [5, 5.41) is 13.1. The monoisotopic (exact) mass is 653 g/mol. The SMILES string of the molecule is C[Si]1(C)c2ccccc2-c2ccc(-c3ccc(N(c4cc5ccccc5c5ccccc45)c4cc5ccccc5c5ccccc45)cc3)cc21. The summed E-state index contributed by atoms with van der Waals surface area (Å²) in [4.78, 5) is 2.49. The van der Waals surface area contributed by atoms with Gasteiger partial charge in [0.05, 0.1) is 11.4 Å². The summed E-state index contributed by atoms with van der Waals surface area (Å²) < 4.78 is 0. The number of nitrogens with zero attached hydrogens (tertiary/aromatic N) is 1. The molecule has 0 unspecified atom stereocenters. The maximum absolute atomic E-state index is 2.49. The van der Waals surface area contributed by atoms with Crippen LogP contribution in [0.25, 0.3) is 65.3 Å². The number of fused-ring (bicyclic) bond motifs is 9. The molecule has 0 saturated heterocycles. The molecule has 1 nitrogen and oxygen atoms in total. The van der Waals surface area contributed by atoms with E-state index in [9.17, 15) is 0 Å². The predicted molar refractivity (Wildman–Crippen MR) is 219 cm³/mol. The molecule has 1 aliphatic rings. The van der Waals surface area contributed by atoms with Crippen LogP contribution in [0, 0.1) is 0 Å². The van der Waals surface area contributed by atoms with Gasteiger partial charge in [0.25, 0.3) is 0 Å². The van der Waals surface area contributed by atoms with Gasteiger partial charge >= 0.3 is 0 Å². The van der Waals surface area contributed by atoms with E-state index >= 15 is 0 Å². The molecule has 9 aromatic rings. The molecule has 0 saturated carbocycles. The fourth-order valence-electron chi connectivity index (χ4n) is 8.53. The number of rotatable bonds is 4. The Morgan fingerprint density at radius 3 is 1.42 bits per heavy atom. The van der Waals surface area contributed by atoms with E-state index < -0.39 is 8.07 Å². The average Bonchev–Trinajstić information content (AvgIpc) is 3.40. The first-order valence-corrected chi connectivity index (χ1v) is 20.5. The number of hydrogen-bond donors (Lipinski definition) is 0. The Bertz CT molecular complexity index is 2670. The molecule has 0 spiro atoms. The summed E-state index contributed by atoms with van der Waals surface area (Å²) in [7, 11) is -1.77. The van der Waals surface area contributed by atoms with Crippen LogP contribution in [0.5, 0.6) is 0 Å². The van der Waals surface area contributed by atoms with Gasteiger partial charge in [0, 0.05) is 16.5 Å². The first-order chi connectivity index (χ1) is 24.6. The minimum absolute atomic E-state index is 1.14. The van der Waals surface area contributed by atoms with E-state index in [1.165, 1.54) is 81.9 Å². The van der Waals surface area contributed by atoms with Crippen LogP contribution < -0.4 is 15.3 Å². The zero-order valence-electron chi connectivity index (χ0n) is 28.2. The van der Waals surface area contributed by atoms with Crippen molar-refractivity contribution in [2.24, 2.45) is 0 Å². The first kappa shape index (κ1) is 29.0. The topological polar surface area (TPSA) is 3.24 Å². The molecule has 0 fully saturated rings. The van der Waals surface area contributed by atoms with Crippen LogP contribution in [0.1, 0.15) is 0 Å². The van der Waals surface area contributed by atoms with Crippen molar-refractivity contribution in [1.82, 2.24) is 0 Å². The molecule has 0 amide bonds. The maximum atomic E-state index is 2.49. The van der Waals surface area contributed by atoms with Gasteiger partial charge in [-0.2, -0.15) is 0 Å². The van der Waals surface area contributed by atoms with Crippen molar-refractivity contribution in [2.45, 2.75) is 13.1 Å². The lowest BCUT2D eigenvalue weighted by atomic mass is 9.96. The van der Waals surface area contributed by atoms with E-state index in [0.717, 1.165) is 5.69 Å². The lowest BCUT2D eigenvalue weighted by molar-refractivity contribution is 1.32. The van der Waals surface area contributed by atoms with Gasteiger partial charge in [0.2, 0.25) is 0 Å². The van der Waals surface area contributed by atoms with E-state index in [0.29, 0.717) is 0 Å². The highest BCUT2D eigenvalue weighted by Crippen LogP contribution is 2.46. The molecule has 9 aromatic carbocycles. The Morgan fingerprint density at radius 2 is 0.820 bits per heavy atom. The summed E-state index contributed by atoms with van der Waals surface area (Å²) in [5.41, 5.74) is 8.84. The molecule has 236 valence electrons. The molecule has 0 atom stereocenters. The molecule has 1 heterocycles. The van der Waals surface area contributed by atoms with Crippen LogP contribution in [0.15, 0.2) is 176 Å². The van der Waals surface area contributed by atoms with Crippen LogP contribution in [0.3, 0.4) is 0 Å². The lowest BCUT2D eigenvalue weighted by Gasteiger charge is -2.29. The Labute approximate surface area is 293 Å². The summed E-state index contributed by atoms with van der Waals surface area (Å²) in [5.74, 6) is 0. The zero-order chi connectivity index (χ0) is 33.4. The molecule has 50 heavy (non-hydrogen) atoms. The van der Waals surface area contributed by atoms with Gasteiger partial charge in [-0.3, -0.25) is 0 Å². The van der Waals surface area contributed by atoms with Gasteiger partial charge in [0.1, 0.15) is 8.07 Å². The maximum Gasteiger partial charge on any atom is 0.113 e. The molecule has 1 aliphatic heterocycles. The van der Waals surface area contributed by atoms with Gasteiger partial charge < -0.3 is 4.90 Å². The second-order valence-corrected chi connectivity index (χ2v) is 18.5. The molecular weight excluding hydrogens is 619 g/mol. The van der Waals surface area contributed by atoms with Crippen molar-refractivity contribution < 1.29 is 0 Å². The second-order valence-electron chi connectivity index (χ2n) is 14.1. The van der Waals surface area contributed by atoms with Crippen LogP contribution in [-0.4, -0.2) is 8.07 Å². The van der Waals surface area contributed by atoms with Crippen molar-refractivity contribution in [3.8, 4) is 22.3 Å². The zero-order valence-corrected chi connectivity index (χ0v) is 29.2. The van der Waals surface area contributed by atoms with Crippen molar-refractivity contribution in [3.05, 3.63) is 176 Å². The van der Waals surface area contributed by atoms with Gasteiger partial charge in [-0.15, -0.1) is 0 Å². The third kappa shape index (κ3) is 4.32. The first-order valence-electron chi connectivity index (χ1n) is 17.5. The van der Waals surface area contributed by atoms with Crippen LogP contribution in [0.4, 0.5) is 17.1 Å². The number of hydrogen-bond acceptors (Lipinski definition) is 1. The quantitative estimate of drug-likeness (QED) is 0.135. The van der Waals surface area contributed by atoms with E-state index in [1.54, 1.807) is 5.19 Å². The van der Waals surface area contributed by atoms with Crippen LogP contribution in [0.2, 0.25) is 13.1 Å². The molecule has 2 heteroatoms. The van der Waals surface area contributed by atoms with Crippen molar-refractivity contribution in [2.75, 3.05) is 4.90 Å². The van der Waals surface area contributed by atoms with E-state index in [2.05, 4.69) is 194 Å². The summed E-state index contributed by atoms with van der Waals surface area (Å²) in [6.45, 7) is 4.98. The van der Waals surface area contributed by atoms with Crippen molar-refractivity contribution in [3.63, 3.8) is 0 Å². The molecule has 0 N–H and O–H groups in total. The van der Waals surface area contributed by atoms with Crippen LogP contribution >= 0.6 is 0 Å². The van der Waals surface area contributed by atoms with Gasteiger partial charge in [-0.25, -0.2) is 0 Å². The Balaban J connectivity index is 1.19. The van der Waals surface area contributed by atoms with Gasteiger partial charge in [0.15, 0.2) is 0 Å². The number of anilines is 3. The molecule has 0 aromatic heterocycles. The Kier molecular flexibility index (Phi) is 6.40. The van der Waals surface area contributed by atoms with E-state index in [-0.39, 0.29) is 0 Å². The highest BCUT2D eigenvalue weighted by molar-refractivity contribution is 7.03. The van der Waals surface area contributed by atoms with Crippen molar-refractivity contribution in [1.29, 1.82) is 0 Å². The van der Waals surface area contributed by atoms with E-state index in [4.69, 9.17) is 0 Å². The van der Waals surface area contributed by atoms with Crippen LogP contribution in [-0.2, 0) is 0 Å². The fraction of sp³-hybridized carbons (Fsp3) is 0.0417. The average molecular weight is 654 g/mol. The Hall–Kier alpha value is -5.96. The smallest absolute Gasteiger partial charge is 0.113 e. The van der Waals surface area contributed by atoms with E-state index in [1.807, 2.05) is 0 Å². The standard InChI is InChI=1S/C48H35NSi/c1-50(2)47-22-12-11-21-43(47)44-28-25-33(31-48(44)50)32-23-26-36(27-24-32)49(45-29-34-13-3-5-15-37(34)39-17-7-9-19-41(39)45)46-30-35-14-4-6-16-38(35)40-18-8-10-20-42(40)46/h3-31H,1-2H3. The molecule has 0 aliphatic carbocycles. The minimum Gasteiger partial charge on any atom is -0.309 e. The van der Waals surface area contributed by atoms with Gasteiger partial charge in [-0.1, -0.05) is 165 Å². The molecular formula is C48H35NSi.